The number of benzene rings is 3. The summed E-state index contributed by atoms with van der Waals surface area (Å²) in [6.45, 7) is 4.11. The number of hydrogen-bond acceptors (Lipinski definition) is 6. The van der Waals surface area contributed by atoms with E-state index in [1.54, 1.807) is 7.11 Å². The Kier molecular flexibility index (Phi) is 4.88. The molecular formula is C26H27N7O. The van der Waals surface area contributed by atoms with Crippen LogP contribution in [0, 0.1) is 0 Å². The molecule has 0 amide bonds. The highest BCUT2D eigenvalue weighted by Crippen LogP contribution is 2.34. The Balaban J connectivity index is 1.38. The highest BCUT2D eigenvalue weighted by molar-refractivity contribution is 5.97. The molecule has 0 spiro atoms. The molecule has 3 aromatic carbocycles. The maximum Gasteiger partial charge on any atom is 0.159 e. The summed E-state index contributed by atoms with van der Waals surface area (Å²) >= 11 is 0. The molecule has 1 aliphatic rings. The number of imidazole rings is 1. The van der Waals surface area contributed by atoms with Gasteiger partial charge in [0.1, 0.15) is 17.0 Å². The zero-order valence-electron chi connectivity index (χ0n) is 19.3. The molecule has 6 rings (SSSR count). The first-order valence-corrected chi connectivity index (χ1v) is 11.5. The fourth-order valence-electron chi connectivity index (χ4n) is 4.70. The van der Waals surface area contributed by atoms with Crippen molar-refractivity contribution in [2.45, 2.75) is 0 Å². The number of rotatable bonds is 4. The summed E-state index contributed by atoms with van der Waals surface area (Å²) in [5.74, 6) is 1.44. The second-order valence-corrected chi connectivity index (χ2v) is 8.84. The first-order chi connectivity index (χ1) is 16.6. The molecule has 0 saturated carbocycles. The van der Waals surface area contributed by atoms with Crippen LogP contribution < -0.4 is 15.4 Å². The number of nitrogens with two attached hydrogens (primary N) is 1. The Morgan fingerprint density at radius 3 is 2.56 bits per heavy atom. The second-order valence-electron chi connectivity index (χ2n) is 8.84. The molecule has 34 heavy (non-hydrogen) atoms. The van der Waals surface area contributed by atoms with Crippen LogP contribution in [0.4, 0.5) is 11.4 Å². The monoisotopic (exact) mass is 453 g/mol. The van der Waals surface area contributed by atoms with Crippen molar-refractivity contribution >= 4 is 33.3 Å². The number of anilines is 2. The van der Waals surface area contributed by atoms with Crippen LogP contribution >= 0.6 is 0 Å². The Hall–Kier alpha value is -4.04. The van der Waals surface area contributed by atoms with Crippen molar-refractivity contribution in [1.82, 2.24) is 25.1 Å². The largest absolute Gasteiger partial charge is 0.495 e. The summed E-state index contributed by atoms with van der Waals surface area (Å²) < 4.78 is 5.38. The zero-order chi connectivity index (χ0) is 23.2. The summed E-state index contributed by atoms with van der Waals surface area (Å²) in [5.41, 5.74) is 13.6. The summed E-state index contributed by atoms with van der Waals surface area (Å²) in [6, 6.07) is 18.4. The summed E-state index contributed by atoms with van der Waals surface area (Å²) in [4.78, 5) is 13.3. The number of hydrogen-bond donors (Lipinski definition) is 3. The lowest BCUT2D eigenvalue weighted by atomic mass is 10.0. The molecule has 0 bridgehead atoms. The molecule has 8 nitrogen and oxygen atoms in total. The minimum atomic E-state index is 0.622. The number of nitrogen functional groups attached to an aromatic ring is 1. The van der Waals surface area contributed by atoms with Crippen molar-refractivity contribution in [2.75, 3.05) is 51.0 Å². The summed E-state index contributed by atoms with van der Waals surface area (Å²) in [5, 5.41) is 8.81. The van der Waals surface area contributed by atoms with E-state index in [1.807, 2.05) is 18.2 Å². The van der Waals surface area contributed by atoms with Gasteiger partial charge in [0, 0.05) is 31.6 Å². The number of fused-ring (bicyclic) bond motifs is 2. The molecule has 0 aliphatic carbocycles. The lowest BCUT2D eigenvalue weighted by molar-refractivity contribution is 0.313. The Morgan fingerprint density at radius 2 is 1.74 bits per heavy atom. The SMILES string of the molecule is COc1cc(-c2ccc3c(-c4nc5c(N6CCN(C)CC6)cccc5[nH]4)n[nH]c3c2)ccc1N. The molecule has 172 valence electrons. The minimum absolute atomic E-state index is 0.622. The van der Waals surface area contributed by atoms with Crippen LogP contribution in [0.2, 0.25) is 0 Å². The first kappa shape index (κ1) is 20.6. The number of aromatic nitrogens is 4. The highest BCUT2D eigenvalue weighted by Gasteiger charge is 2.20. The minimum Gasteiger partial charge on any atom is -0.495 e. The lowest BCUT2D eigenvalue weighted by Crippen LogP contribution is -2.44. The van der Waals surface area contributed by atoms with E-state index in [0.717, 1.165) is 70.8 Å². The van der Waals surface area contributed by atoms with Crippen LogP contribution in [0.3, 0.4) is 0 Å². The molecule has 1 saturated heterocycles. The molecule has 0 atom stereocenters. The van der Waals surface area contributed by atoms with Gasteiger partial charge in [-0.25, -0.2) is 4.98 Å². The van der Waals surface area contributed by atoms with E-state index in [2.05, 4.69) is 68.4 Å². The van der Waals surface area contributed by atoms with Crippen molar-refractivity contribution in [3.8, 4) is 28.4 Å². The lowest BCUT2D eigenvalue weighted by Gasteiger charge is -2.34. The number of H-pyrrole nitrogens is 2. The van der Waals surface area contributed by atoms with Crippen molar-refractivity contribution in [1.29, 1.82) is 0 Å². The Labute approximate surface area is 197 Å². The van der Waals surface area contributed by atoms with Gasteiger partial charge in [-0.15, -0.1) is 0 Å². The average Bonchev–Trinajstić information content (AvgIpc) is 3.48. The van der Waals surface area contributed by atoms with Crippen LogP contribution in [-0.4, -0.2) is 65.4 Å². The Morgan fingerprint density at radius 1 is 0.941 bits per heavy atom. The predicted molar refractivity (Wildman–Crippen MR) is 137 cm³/mol. The van der Waals surface area contributed by atoms with Crippen LogP contribution in [0.1, 0.15) is 0 Å². The predicted octanol–water partition coefficient (Wildman–Crippen LogP) is 4.12. The van der Waals surface area contributed by atoms with Gasteiger partial charge < -0.3 is 25.3 Å². The molecule has 1 fully saturated rings. The normalized spacial score (nSPS) is 14.8. The summed E-state index contributed by atoms with van der Waals surface area (Å²) in [7, 11) is 3.80. The Bertz CT molecular complexity index is 1490. The van der Waals surface area contributed by atoms with E-state index in [0.29, 0.717) is 11.4 Å². The van der Waals surface area contributed by atoms with Crippen LogP contribution in [-0.2, 0) is 0 Å². The number of methoxy groups -OCH3 is 1. The third kappa shape index (κ3) is 3.43. The molecular weight excluding hydrogens is 426 g/mol. The number of ether oxygens (including phenoxy) is 1. The molecule has 4 N–H and O–H groups in total. The van der Waals surface area contributed by atoms with E-state index in [9.17, 15) is 0 Å². The van der Waals surface area contributed by atoms with Gasteiger partial charge in [-0.05, 0) is 54.6 Å². The topological polar surface area (TPSA) is 99.1 Å². The molecule has 1 aliphatic heterocycles. The van der Waals surface area contributed by atoms with E-state index < -0.39 is 0 Å². The summed E-state index contributed by atoms with van der Waals surface area (Å²) in [6.07, 6.45) is 0. The van der Waals surface area contributed by atoms with Crippen LogP contribution in [0.5, 0.6) is 5.75 Å². The van der Waals surface area contributed by atoms with Crippen LogP contribution in [0.25, 0.3) is 44.6 Å². The molecule has 2 aromatic heterocycles. The molecule has 5 aromatic rings. The van der Waals surface area contributed by atoms with E-state index in [4.69, 9.17) is 15.5 Å². The third-order valence-electron chi connectivity index (χ3n) is 6.69. The maximum atomic E-state index is 5.98. The molecule has 0 unspecified atom stereocenters. The second kappa shape index (κ2) is 8.07. The standard InChI is InChI=1S/C26H27N7O/c1-32-10-12-33(13-11-32)22-5-3-4-20-25(22)29-26(28-20)24-18-8-6-16(14-21(18)30-31-24)17-7-9-19(27)23(15-17)34-2/h3-9,14-15H,10-13,27H2,1-2H3,(H,28,29)(H,30,31). The van der Waals surface area contributed by atoms with Gasteiger partial charge in [0.15, 0.2) is 5.82 Å². The van der Waals surface area contributed by atoms with Crippen molar-refractivity contribution < 1.29 is 4.74 Å². The van der Waals surface area contributed by atoms with Gasteiger partial charge >= 0.3 is 0 Å². The van der Waals surface area contributed by atoms with Gasteiger partial charge in [-0.3, -0.25) is 5.10 Å². The maximum absolute atomic E-state index is 5.98. The third-order valence-corrected chi connectivity index (χ3v) is 6.69. The van der Waals surface area contributed by atoms with Gasteiger partial charge in [0.05, 0.1) is 29.5 Å². The van der Waals surface area contributed by atoms with E-state index in [1.165, 1.54) is 5.69 Å². The molecule has 0 radical (unpaired) electrons. The number of nitrogens with one attached hydrogen (secondary N) is 2. The van der Waals surface area contributed by atoms with Gasteiger partial charge in [0.25, 0.3) is 0 Å². The number of para-hydroxylation sites is 1. The number of aromatic amines is 2. The zero-order valence-corrected chi connectivity index (χ0v) is 19.3. The highest BCUT2D eigenvalue weighted by atomic mass is 16.5. The van der Waals surface area contributed by atoms with Crippen molar-refractivity contribution in [3.63, 3.8) is 0 Å². The van der Waals surface area contributed by atoms with Crippen molar-refractivity contribution in [2.24, 2.45) is 0 Å². The van der Waals surface area contributed by atoms with Gasteiger partial charge in [0.2, 0.25) is 0 Å². The van der Waals surface area contributed by atoms with Crippen LogP contribution in [0.15, 0.2) is 54.6 Å². The number of nitrogens with zero attached hydrogens (tertiary/aromatic N) is 4. The first-order valence-electron chi connectivity index (χ1n) is 11.5. The molecule has 8 heteroatoms. The van der Waals surface area contributed by atoms with Gasteiger partial charge in [-0.2, -0.15) is 5.10 Å². The molecule has 3 heterocycles. The fourth-order valence-corrected chi connectivity index (χ4v) is 4.70. The smallest absolute Gasteiger partial charge is 0.159 e. The van der Waals surface area contributed by atoms with Crippen molar-refractivity contribution in [3.05, 3.63) is 54.6 Å². The fraction of sp³-hybridized carbons (Fsp3) is 0.231. The average molecular weight is 454 g/mol. The van der Waals surface area contributed by atoms with E-state index >= 15 is 0 Å². The number of likely N-dealkylation sites (N-methyl/N-ethyl adjacent to an activating group) is 1. The van der Waals surface area contributed by atoms with E-state index in [-0.39, 0.29) is 0 Å². The number of piperazine rings is 1. The van der Waals surface area contributed by atoms with Gasteiger partial charge in [-0.1, -0.05) is 18.2 Å². The quantitative estimate of drug-likeness (QED) is 0.354.